The summed E-state index contributed by atoms with van der Waals surface area (Å²) in [5.74, 6) is 0.759. The van der Waals surface area contributed by atoms with Crippen LogP contribution in [0.25, 0.3) is 0 Å². The van der Waals surface area contributed by atoms with Crippen LogP contribution in [0, 0.1) is 5.92 Å². The molecule has 1 aliphatic heterocycles. The molecular formula is C13H22N4O. The minimum atomic E-state index is -0.0860. The highest BCUT2D eigenvalue weighted by Gasteiger charge is 2.15. The first-order valence-corrected chi connectivity index (χ1v) is 6.59. The highest BCUT2D eigenvalue weighted by atomic mass is 16.1. The Bertz CT molecular complexity index is 393. The molecule has 1 amide bonds. The maximum absolute atomic E-state index is 11.7. The van der Waals surface area contributed by atoms with Crippen LogP contribution in [0.4, 0.5) is 5.69 Å². The van der Waals surface area contributed by atoms with Gasteiger partial charge in [-0.2, -0.15) is 0 Å². The Morgan fingerprint density at radius 2 is 2.28 bits per heavy atom. The fourth-order valence-electron chi connectivity index (χ4n) is 2.25. The molecule has 0 radical (unpaired) electrons. The molecule has 4 N–H and O–H groups in total. The molecule has 1 fully saturated rings. The molecule has 5 heteroatoms. The van der Waals surface area contributed by atoms with Gasteiger partial charge in [-0.1, -0.05) is 6.92 Å². The van der Waals surface area contributed by atoms with Gasteiger partial charge in [-0.25, -0.2) is 0 Å². The lowest BCUT2D eigenvalue weighted by atomic mass is 9.99. The summed E-state index contributed by atoms with van der Waals surface area (Å²) in [6, 6.07) is 1.65. The number of rotatable bonds is 4. The van der Waals surface area contributed by atoms with Gasteiger partial charge in [0.05, 0.1) is 0 Å². The predicted molar refractivity (Wildman–Crippen MR) is 72.4 cm³/mol. The standard InChI is InChI=1S/C13H22N4O/c1-10-2-5-17(6-3-10)7-4-15-13(18)12-8-11(14)9-16-12/h8-10,16H,2-7,14H2,1H3,(H,15,18). The molecule has 1 aromatic rings. The summed E-state index contributed by atoms with van der Waals surface area (Å²) in [4.78, 5) is 17.0. The van der Waals surface area contributed by atoms with Crippen LogP contribution in [-0.4, -0.2) is 42.0 Å². The molecule has 1 saturated heterocycles. The van der Waals surface area contributed by atoms with E-state index < -0.39 is 0 Å². The number of aromatic amines is 1. The van der Waals surface area contributed by atoms with E-state index in [4.69, 9.17) is 5.73 Å². The zero-order valence-electron chi connectivity index (χ0n) is 10.9. The average Bonchev–Trinajstić information content (AvgIpc) is 2.78. The SMILES string of the molecule is CC1CCN(CCNC(=O)c2cc(N)c[nH]2)CC1. The second kappa shape index (κ2) is 5.91. The van der Waals surface area contributed by atoms with Crippen LogP contribution in [0.2, 0.25) is 0 Å². The number of hydrogen-bond acceptors (Lipinski definition) is 3. The summed E-state index contributed by atoms with van der Waals surface area (Å²) < 4.78 is 0. The fraction of sp³-hybridized carbons (Fsp3) is 0.615. The van der Waals surface area contributed by atoms with E-state index in [0.717, 1.165) is 25.6 Å². The molecule has 2 rings (SSSR count). The number of amides is 1. The molecule has 18 heavy (non-hydrogen) atoms. The minimum Gasteiger partial charge on any atom is -0.397 e. The van der Waals surface area contributed by atoms with Crippen LogP contribution in [0.3, 0.4) is 0 Å². The number of aromatic nitrogens is 1. The van der Waals surface area contributed by atoms with Gasteiger partial charge >= 0.3 is 0 Å². The van der Waals surface area contributed by atoms with Crippen molar-refractivity contribution in [3.8, 4) is 0 Å². The van der Waals surface area contributed by atoms with Gasteiger partial charge in [0.25, 0.3) is 5.91 Å². The van der Waals surface area contributed by atoms with Gasteiger partial charge in [-0.15, -0.1) is 0 Å². The maximum atomic E-state index is 11.7. The van der Waals surface area contributed by atoms with E-state index in [0.29, 0.717) is 17.9 Å². The Morgan fingerprint density at radius 3 is 2.89 bits per heavy atom. The number of nitrogens with one attached hydrogen (secondary N) is 2. The van der Waals surface area contributed by atoms with E-state index in [1.165, 1.54) is 12.8 Å². The van der Waals surface area contributed by atoms with Crippen molar-refractivity contribution in [3.63, 3.8) is 0 Å². The number of nitrogen functional groups attached to an aromatic ring is 1. The minimum absolute atomic E-state index is 0.0860. The largest absolute Gasteiger partial charge is 0.397 e. The van der Waals surface area contributed by atoms with Crippen molar-refractivity contribution >= 4 is 11.6 Å². The van der Waals surface area contributed by atoms with Gasteiger partial charge in [0.1, 0.15) is 5.69 Å². The summed E-state index contributed by atoms with van der Waals surface area (Å²) in [5.41, 5.74) is 6.67. The zero-order valence-corrected chi connectivity index (χ0v) is 10.9. The molecule has 0 atom stereocenters. The van der Waals surface area contributed by atoms with Crippen LogP contribution >= 0.6 is 0 Å². The molecule has 0 spiro atoms. The first kappa shape index (κ1) is 13.0. The van der Waals surface area contributed by atoms with Crippen molar-refractivity contribution < 1.29 is 4.79 Å². The Labute approximate surface area is 108 Å². The van der Waals surface area contributed by atoms with E-state index in [1.807, 2.05) is 0 Å². The average molecular weight is 250 g/mol. The number of hydrogen-bond donors (Lipinski definition) is 3. The third-order valence-corrected chi connectivity index (χ3v) is 3.54. The van der Waals surface area contributed by atoms with Crippen molar-refractivity contribution in [1.29, 1.82) is 0 Å². The molecule has 0 aromatic carbocycles. The summed E-state index contributed by atoms with van der Waals surface area (Å²) in [7, 11) is 0. The van der Waals surface area contributed by atoms with E-state index in [1.54, 1.807) is 12.3 Å². The lowest BCUT2D eigenvalue weighted by Gasteiger charge is -2.30. The molecule has 1 aliphatic rings. The van der Waals surface area contributed by atoms with E-state index >= 15 is 0 Å². The lowest BCUT2D eigenvalue weighted by Crippen LogP contribution is -2.39. The zero-order chi connectivity index (χ0) is 13.0. The Kier molecular flexibility index (Phi) is 4.25. The molecule has 0 bridgehead atoms. The van der Waals surface area contributed by atoms with E-state index in [2.05, 4.69) is 22.1 Å². The first-order valence-electron chi connectivity index (χ1n) is 6.59. The second-order valence-corrected chi connectivity index (χ2v) is 5.13. The molecule has 100 valence electrons. The van der Waals surface area contributed by atoms with Crippen LogP contribution < -0.4 is 11.1 Å². The van der Waals surface area contributed by atoms with Crippen molar-refractivity contribution in [2.24, 2.45) is 5.92 Å². The molecule has 1 aromatic heterocycles. The maximum Gasteiger partial charge on any atom is 0.267 e. The number of H-pyrrole nitrogens is 1. The highest BCUT2D eigenvalue weighted by molar-refractivity contribution is 5.93. The van der Waals surface area contributed by atoms with Crippen LogP contribution in [0.15, 0.2) is 12.3 Å². The third kappa shape index (κ3) is 3.50. The van der Waals surface area contributed by atoms with Gasteiger partial charge in [-0.05, 0) is 37.9 Å². The van der Waals surface area contributed by atoms with Crippen LogP contribution in [0.5, 0.6) is 0 Å². The number of carbonyl (C=O) groups excluding carboxylic acids is 1. The van der Waals surface area contributed by atoms with Crippen molar-refractivity contribution in [2.45, 2.75) is 19.8 Å². The van der Waals surface area contributed by atoms with Crippen LogP contribution in [-0.2, 0) is 0 Å². The fourth-order valence-corrected chi connectivity index (χ4v) is 2.25. The normalized spacial score (nSPS) is 17.8. The summed E-state index contributed by atoms with van der Waals surface area (Å²) in [6.45, 7) is 6.20. The quantitative estimate of drug-likeness (QED) is 0.748. The van der Waals surface area contributed by atoms with E-state index in [-0.39, 0.29) is 5.91 Å². The predicted octanol–water partition coefficient (Wildman–Crippen LogP) is 1.06. The Morgan fingerprint density at radius 1 is 1.56 bits per heavy atom. The summed E-state index contributed by atoms with van der Waals surface area (Å²) in [5, 5.41) is 2.90. The molecule has 2 heterocycles. The molecule has 0 saturated carbocycles. The number of anilines is 1. The van der Waals surface area contributed by atoms with Crippen molar-refractivity contribution in [3.05, 3.63) is 18.0 Å². The Balaban J connectivity index is 1.67. The topological polar surface area (TPSA) is 74.2 Å². The number of nitrogens with two attached hydrogens (primary N) is 1. The molecule has 0 aliphatic carbocycles. The van der Waals surface area contributed by atoms with Crippen LogP contribution in [0.1, 0.15) is 30.3 Å². The number of carbonyl (C=O) groups is 1. The molecule has 0 unspecified atom stereocenters. The monoisotopic (exact) mass is 250 g/mol. The van der Waals surface area contributed by atoms with Gasteiger partial charge in [0, 0.05) is 25.0 Å². The molecular weight excluding hydrogens is 228 g/mol. The van der Waals surface area contributed by atoms with Crippen molar-refractivity contribution in [1.82, 2.24) is 15.2 Å². The second-order valence-electron chi connectivity index (χ2n) is 5.13. The van der Waals surface area contributed by atoms with Gasteiger partial charge in [0.2, 0.25) is 0 Å². The van der Waals surface area contributed by atoms with Gasteiger partial charge in [0.15, 0.2) is 0 Å². The summed E-state index contributed by atoms with van der Waals surface area (Å²) >= 11 is 0. The number of piperidine rings is 1. The summed E-state index contributed by atoms with van der Waals surface area (Å²) in [6.07, 6.45) is 4.16. The van der Waals surface area contributed by atoms with Crippen molar-refractivity contribution in [2.75, 3.05) is 31.9 Å². The lowest BCUT2D eigenvalue weighted by molar-refractivity contribution is 0.0940. The smallest absolute Gasteiger partial charge is 0.267 e. The third-order valence-electron chi connectivity index (χ3n) is 3.54. The van der Waals surface area contributed by atoms with E-state index in [9.17, 15) is 4.79 Å². The van der Waals surface area contributed by atoms with Gasteiger partial charge in [-0.3, -0.25) is 4.79 Å². The highest BCUT2D eigenvalue weighted by Crippen LogP contribution is 2.15. The number of nitrogens with zero attached hydrogens (tertiary/aromatic N) is 1. The first-order chi connectivity index (χ1) is 8.65. The Hall–Kier alpha value is -1.49. The number of likely N-dealkylation sites (tertiary alicyclic amines) is 1. The molecule has 5 nitrogen and oxygen atoms in total. The van der Waals surface area contributed by atoms with Gasteiger partial charge < -0.3 is 20.9 Å².